The van der Waals surface area contributed by atoms with E-state index in [-0.39, 0.29) is 18.0 Å². The first kappa shape index (κ1) is 32.2. The molecule has 3 heterocycles. The topological polar surface area (TPSA) is 52.0 Å². The summed E-state index contributed by atoms with van der Waals surface area (Å²) >= 11 is 0. The van der Waals surface area contributed by atoms with Crippen LogP contribution in [0, 0.1) is 0 Å². The van der Waals surface area contributed by atoms with Crippen LogP contribution in [0.2, 0.25) is 0 Å². The molecule has 0 unspecified atom stereocenters. The second-order valence-electron chi connectivity index (χ2n) is 12.6. The van der Waals surface area contributed by atoms with E-state index in [1.807, 2.05) is 24.3 Å². The number of benzene rings is 3. The van der Waals surface area contributed by atoms with Crippen molar-refractivity contribution >= 4 is 11.0 Å². The third kappa shape index (κ3) is 7.61. The predicted molar refractivity (Wildman–Crippen MR) is 174 cm³/mol. The maximum absolute atomic E-state index is 13.3. The predicted octanol–water partition coefficient (Wildman–Crippen LogP) is 8.26. The Bertz CT molecular complexity index is 1620. The number of fused-ring (bicyclic) bond motifs is 1. The third-order valence-electron chi connectivity index (χ3n) is 8.94. The number of hydrogen-bond acceptors (Lipinski definition) is 6. The summed E-state index contributed by atoms with van der Waals surface area (Å²) in [6.45, 7) is 6.87. The van der Waals surface area contributed by atoms with Crippen LogP contribution in [-0.4, -0.2) is 71.8 Å². The van der Waals surface area contributed by atoms with Crippen molar-refractivity contribution in [2.75, 3.05) is 40.3 Å². The highest BCUT2D eigenvalue weighted by atomic mass is 19.4. The number of aromatic nitrogens is 2. The summed E-state index contributed by atoms with van der Waals surface area (Å²) in [4.78, 5) is 9.82. The first-order valence-electron chi connectivity index (χ1n) is 16.4. The Labute approximate surface area is 268 Å². The molecule has 0 aliphatic carbocycles. The number of piperidine rings is 2. The molecule has 46 heavy (non-hydrogen) atoms. The summed E-state index contributed by atoms with van der Waals surface area (Å²) in [7, 11) is 4.28. The van der Waals surface area contributed by atoms with Gasteiger partial charge in [0.25, 0.3) is 0 Å². The number of ether oxygens (including phenoxy) is 3. The molecule has 0 spiro atoms. The van der Waals surface area contributed by atoms with Crippen LogP contribution < -0.4 is 14.2 Å². The quantitative estimate of drug-likeness (QED) is 0.175. The highest BCUT2D eigenvalue weighted by Crippen LogP contribution is 2.38. The van der Waals surface area contributed by atoms with E-state index in [1.54, 1.807) is 6.07 Å². The molecule has 2 saturated heterocycles. The second-order valence-corrected chi connectivity index (χ2v) is 12.6. The lowest BCUT2D eigenvalue weighted by molar-refractivity contribution is -0.137. The molecule has 0 bridgehead atoms. The van der Waals surface area contributed by atoms with E-state index in [0.717, 1.165) is 117 Å². The second kappa shape index (κ2) is 13.9. The molecule has 1 aromatic heterocycles. The van der Waals surface area contributed by atoms with Crippen molar-refractivity contribution in [3.05, 3.63) is 66.2 Å². The summed E-state index contributed by atoms with van der Waals surface area (Å²) in [6, 6.07) is 16.4. The molecule has 10 heteroatoms. The average Bonchev–Trinajstić information content (AvgIpc) is 3.41. The molecule has 0 radical (unpaired) electrons. The Morgan fingerprint density at radius 3 is 2.07 bits per heavy atom. The standard InChI is InChI=1S/C36H43F3N4O3/c1-4-5-16-43-32-23-31(44-27-12-17-41(2)18-13-27)24-33(46-28-14-19-42(3)20-15-28)34(32)40-35(43)25-8-6-10-29(21-25)45-30-11-7-9-26(22-30)36(37,38)39/h6-11,21-24,27-28H,4-5,12-20H2,1-3H3. The van der Waals surface area contributed by atoms with Crippen LogP contribution in [0.1, 0.15) is 51.0 Å². The molecule has 4 aromatic rings. The molecule has 0 atom stereocenters. The fourth-order valence-corrected chi connectivity index (χ4v) is 6.24. The average molecular weight is 637 g/mol. The van der Waals surface area contributed by atoms with E-state index in [9.17, 15) is 13.2 Å². The monoisotopic (exact) mass is 636 g/mol. The lowest BCUT2D eigenvalue weighted by atomic mass is 10.1. The Hall–Kier alpha value is -3.76. The summed E-state index contributed by atoms with van der Waals surface area (Å²) < 4.78 is 61.4. The minimum Gasteiger partial charge on any atom is -0.490 e. The van der Waals surface area contributed by atoms with Crippen LogP contribution in [0.25, 0.3) is 22.4 Å². The molecule has 2 fully saturated rings. The molecule has 246 valence electrons. The van der Waals surface area contributed by atoms with Gasteiger partial charge in [0, 0.05) is 50.4 Å². The van der Waals surface area contributed by atoms with Gasteiger partial charge in [0.05, 0.1) is 11.1 Å². The van der Waals surface area contributed by atoms with Crippen LogP contribution in [0.5, 0.6) is 23.0 Å². The van der Waals surface area contributed by atoms with E-state index in [4.69, 9.17) is 19.2 Å². The first-order valence-corrected chi connectivity index (χ1v) is 16.4. The number of hydrogen-bond donors (Lipinski definition) is 0. The number of nitrogens with zero attached hydrogens (tertiary/aromatic N) is 4. The molecule has 0 N–H and O–H groups in total. The van der Waals surface area contributed by atoms with Crippen LogP contribution >= 0.6 is 0 Å². The Balaban J connectivity index is 1.38. The Morgan fingerprint density at radius 1 is 0.783 bits per heavy atom. The molecule has 2 aliphatic heterocycles. The van der Waals surface area contributed by atoms with E-state index < -0.39 is 11.7 Å². The van der Waals surface area contributed by atoms with Crippen molar-refractivity contribution in [3.63, 3.8) is 0 Å². The minimum atomic E-state index is -4.45. The Morgan fingerprint density at radius 2 is 1.41 bits per heavy atom. The molecular weight excluding hydrogens is 593 g/mol. The zero-order chi connectivity index (χ0) is 32.3. The highest BCUT2D eigenvalue weighted by Gasteiger charge is 2.31. The smallest absolute Gasteiger partial charge is 0.416 e. The van der Waals surface area contributed by atoms with E-state index in [1.165, 1.54) is 12.1 Å². The minimum absolute atomic E-state index is 0.0893. The molecule has 7 nitrogen and oxygen atoms in total. The number of alkyl halides is 3. The Kier molecular flexibility index (Phi) is 9.75. The molecule has 0 amide bonds. The van der Waals surface area contributed by atoms with Gasteiger partial charge in [-0.15, -0.1) is 0 Å². The van der Waals surface area contributed by atoms with Gasteiger partial charge in [-0.05, 0) is 76.5 Å². The van der Waals surface area contributed by atoms with Gasteiger partial charge in [-0.3, -0.25) is 0 Å². The molecule has 2 aliphatic rings. The van der Waals surface area contributed by atoms with Crippen LogP contribution in [0.4, 0.5) is 13.2 Å². The number of likely N-dealkylation sites (tertiary alicyclic amines) is 2. The van der Waals surface area contributed by atoms with E-state index in [2.05, 4.69) is 41.5 Å². The fourth-order valence-electron chi connectivity index (χ4n) is 6.24. The number of halogens is 3. The van der Waals surface area contributed by atoms with Gasteiger partial charge < -0.3 is 28.6 Å². The van der Waals surface area contributed by atoms with Gasteiger partial charge in [0.1, 0.15) is 40.8 Å². The van der Waals surface area contributed by atoms with Gasteiger partial charge in [-0.25, -0.2) is 4.98 Å². The highest BCUT2D eigenvalue weighted by molar-refractivity contribution is 5.87. The van der Waals surface area contributed by atoms with Crippen LogP contribution in [0.15, 0.2) is 60.7 Å². The number of rotatable bonds is 10. The van der Waals surface area contributed by atoms with E-state index in [0.29, 0.717) is 5.75 Å². The van der Waals surface area contributed by atoms with Crippen molar-refractivity contribution in [2.45, 2.75) is 70.4 Å². The number of aryl methyl sites for hydroxylation is 1. The largest absolute Gasteiger partial charge is 0.490 e. The van der Waals surface area contributed by atoms with E-state index >= 15 is 0 Å². The molecular formula is C36H43F3N4O3. The normalized spacial score (nSPS) is 17.4. The number of imidazole rings is 1. The van der Waals surface area contributed by atoms with Crippen molar-refractivity contribution in [3.8, 4) is 34.4 Å². The zero-order valence-corrected chi connectivity index (χ0v) is 26.9. The van der Waals surface area contributed by atoms with Crippen molar-refractivity contribution in [1.29, 1.82) is 0 Å². The van der Waals surface area contributed by atoms with Crippen LogP contribution in [0.3, 0.4) is 0 Å². The third-order valence-corrected chi connectivity index (χ3v) is 8.94. The number of unbranched alkanes of at least 4 members (excludes halogenated alkanes) is 1. The van der Waals surface area contributed by atoms with Gasteiger partial charge in [-0.2, -0.15) is 13.2 Å². The fraction of sp³-hybridized carbons (Fsp3) is 0.472. The maximum Gasteiger partial charge on any atom is 0.416 e. The summed E-state index contributed by atoms with van der Waals surface area (Å²) in [5.41, 5.74) is 1.78. The zero-order valence-electron chi connectivity index (χ0n) is 26.9. The molecule has 3 aromatic carbocycles. The lowest BCUT2D eigenvalue weighted by Crippen LogP contribution is -2.36. The SMILES string of the molecule is CCCCn1c(-c2cccc(Oc3cccc(C(F)(F)F)c3)c2)nc2c(OC3CCN(C)CC3)cc(OC3CCN(C)CC3)cc21. The maximum atomic E-state index is 13.3. The van der Waals surface area contributed by atoms with Gasteiger partial charge in [-0.1, -0.05) is 31.5 Å². The van der Waals surface area contributed by atoms with Crippen LogP contribution in [-0.2, 0) is 12.7 Å². The van der Waals surface area contributed by atoms with Gasteiger partial charge in [0.15, 0.2) is 5.75 Å². The molecule has 6 rings (SSSR count). The summed E-state index contributed by atoms with van der Waals surface area (Å²) in [5.74, 6) is 2.82. The lowest BCUT2D eigenvalue weighted by Gasteiger charge is -2.30. The molecule has 0 saturated carbocycles. The summed E-state index contributed by atoms with van der Waals surface area (Å²) in [6.07, 6.45) is 1.55. The summed E-state index contributed by atoms with van der Waals surface area (Å²) in [5, 5.41) is 0. The van der Waals surface area contributed by atoms with Crippen molar-refractivity contribution < 1.29 is 27.4 Å². The van der Waals surface area contributed by atoms with Crippen molar-refractivity contribution in [2.24, 2.45) is 0 Å². The van der Waals surface area contributed by atoms with Gasteiger partial charge >= 0.3 is 6.18 Å². The van der Waals surface area contributed by atoms with Gasteiger partial charge in [0.2, 0.25) is 0 Å². The first-order chi connectivity index (χ1) is 22.2. The van der Waals surface area contributed by atoms with Crippen molar-refractivity contribution in [1.82, 2.24) is 19.4 Å².